The number of hydrogen-bond donors (Lipinski definition) is 2. The van der Waals surface area contributed by atoms with E-state index in [1.807, 2.05) is 24.3 Å². The van der Waals surface area contributed by atoms with Crippen LogP contribution >= 0.6 is 7.37 Å². The predicted octanol–water partition coefficient (Wildman–Crippen LogP) is 4.05. The van der Waals surface area contributed by atoms with Crippen LogP contribution in [0.15, 0.2) is 72.8 Å². The highest BCUT2D eigenvalue weighted by Gasteiger charge is 2.43. The molecule has 3 aromatic carbocycles. The third kappa shape index (κ3) is 2.23. The van der Waals surface area contributed by atoms with E-state index in [1.165, 1.54) is 12.1 Å². The van der Waals surface area contributed by atoms with Crippen LogP contribution in [-0.4, -0.2) is 10.2 Å². The highest BCUT2D eigenvalue weighted by Crippen LogP contribution is 2.62. The Kier molecular flexibility index (Phi) is 3.45. The molecule has 1 aliphatic heterocycles. The van der Waals surface area contributed by atoms with Crippen LogP contribution in [0.25, 0.3) is 11.1 Å². The van der Waals surface area contributed by atoms with Gasteiger partial charge in [-0.25, -0.2) is 0 Å². The number of aliphatic hydroxyl groups is 1. The second kappa shape index (κ2) is 5.52. The van der Waals surface area contributed by atoms with Crippen LogP contribution in [0.1, 0.15) is 11.4 Å². The van der Waals surface area contributed by atoms with Gasteiger partial charge < -0.3 is 14.7 Å². The molecule has 2 N–H and O–H groups in total. The van der Waals surface area contributed by atoms with Gasteiger partial charge in [0.1, 0.15) is 11.5 Å². The lowest BCUT2D eigenvalue weighted by molar-refractivity contribution is 0.239. The van der Waals surface area contributed by atoms with E-state index in [-0.39, 0.29) is 5.75 Å². The molecule has 4 nitrogen and oxygen atoms in total. The van der Waals surface area contributed by atoms with Gasteiger partial charge in [0, 0.05) is 5.56 Å². The molecule has 0 aromatic heterocycles. The molecular formula is C19H15O4P. The maximum Gasteiger partial charge on any atom is 0.310 e. The molecule has 1 heterocycles. The molecule has 0 saturated carbocycles. The molecular weight excluding hydrogens is 323 g/mol. The number of para-hydroxylation sites is 1. The molecule has 5 heteroatoms. The first-order chi connectivity index (χ1) is 11.6. The van der Waals surface area contributed by atoms with Crippen molar-refractivity contribution in [2.75, 3.05) is 0 Å². The molecule has 0 amide bonds. The maximum atomic E-state index is 13.7. The smallest absolute Gasteiger partial charge is 0.310 e. The molecule has 2 atom stereocenters. The average Bonchev–Trinajstić information content (AvgIpc) is 2.61. The van der Waals surface area contributed by atoms with Crippen molar-refractivity contribution in [2.45, 2.75) is 5.85 Å². The maximum absolute atomic E-state index is 13.7. The lowest BCUT2D eigenvalue weighted by Gasteiger charge is -2.31. The zero-order valence-corrected chi connectivity index (χ0v) is 13.6. The van der Waals surface area contributed by atoms with Crippen LogP contribution in [0.2, 0.25) is 0 Å². The van der Waals surface area contributed by atoms with E-state index >= 15 is 0 Å². The van der Waals surface area contributed by atoms with Crippen LogP contribution in [-0.2, 0) is 4.57 Å². The third-order valence-corrected chi connectivity index (χ3v) is 6.61. The van der Waals surface area contributed by atoms with Crippen molar-refractivity contribution >= 4 is 12.7 Å². The van der Waals surface area contributed by atoms with E-state index in [2.05, 4.69) is 0 Å². The lowest BCUT2D eigenvalue weighted by atomic mass is 10.0. The summed E-state index contributed by atoms with van der Waals surface area (Å²) in [6, 6.07) is 20.7. The number of aromatic hydroxyl groups is 1. The Labute approximate surface area is 139 Å². The standard InChI is InChI=1S/C19H15O4P/c20-14-7-5-6-13(12-14)19(21)24(22)18-11-4-2-9-16(18)15-8-1-3-10-17(15)23-24/h1-12,19-21H. The summed E-state index contributed by atoms with van der Waals surface area (Å²) in [7, 11) is -3.62. The quantitative estimate of drug-likeness (QED) is 0.692. The number of phenols is 1. The molecule has 1 aliphatic rings. The average molecular weight is 338 g/mol. The summed E-state index contributed by atoms with van der Waals surface area (Å²) in [5.74, 6) is -0.873. The fourth-order valence-electron chi connectivity index (χ4n) is 3.00. The Bertz CT molecular complexity index is 967. The zero-order valence-electron chi connectivity index (χ0n) is 12.7. The molecule has 120 valence electrons. The van der Waals surface area contributed by atoms with Crippen molar-refractivity contribution in [3.8, 4) is 22.6 Å². The fourth-order valence-corrected chi connectivity index (χ4v) is 5.29. The zero-order chi connectivity index (χ0) is 16.7. The molecule has 4 rings (SSSR count). The van der Waals surface area contributed by atoms with Gasteiger partial charge in [-0.1, -0.05) is 48.5 Å². The van der Waals surface area contributed by atoms with E-state index in [4.69, 9.17) is 4.52 Å². The summed E-state index contributed by atoms with van der Waals surface area (Å²) in [6.45, 7) is 0. The summed E-state index contributed by atoms with van der Waals surface area (Å²) in [6.07, 6.45) is 0. The minimum Gasteiger partial charge on any atom is -0.508 e. The summed E-state index contributed by atoms with van der Waals surface area (Å²) in [5.41, 5.74) is 2.00. The van der Waals surface area contributed by atoms with Crippen molar-refractivity contribution < 1.29 is 19.3 Å². The van der Waals surface area contributed by atoms with Crippen molar-refractivity contribution in [1.82, 2.24) is 0 Å². The van der Waals surface area contributed by atoms with Crippen molar-refractivity contribution in [3.05, 3.63) is 78.4 Å². The van der Waals surface area contributed by atoms with Crippen LogP contribution in [0.4, 0.5) is 0 Å². The van der Waals surface area contributed by atoms with Gasteiger partial charge >= 0.3 is 7.37 Å². The van der Waals surface area contributed by atoms with Gasteiger partial charge in [-0.05, 0) is 35.4 Å². The predicted molar refractivity (Wildman–Crippen MR) is 92.8 cm³/mol. The molecule has 0 spiro atoms. The second-order valence-corrected chi connectivity index (χ2v) is 8.02. The van der Waals surface area contributed by atoms with Gasteiger partial charge in [0.05, 0.1) is 5.30 Å². The van der Waals surface area contributed by atoms with Gasteiger partial charge in [0.15, 0.2) is 5.85 Å². The van der Waals surface area contributed by atoms with E-state index in [9.17, 15) is 14.8 Å². The summed E-state index contributed by atoms with van der Waals surface area (Å²) >= 11 is 0. The van der Waals surface area contributed by atoms with Crippen LogP contribution < -0.4 is 9.83 Å². The Balaban J connectivity index is 1.91. The van der Waals surface area contributed by atoms with Gasteiger partial charge in [0.25, 0.3) is 0 Å². The fraction of sp³-hybridized carbons (Fsp3) is 0.0526. The largest absolute Gasteiger partial charge is 0.508 e. The molecule has 3 aromatic rings. The number of hydrogen-bond acceptors (Lipinski definition) is 4. The summed E-state index contributed by atoms with van der Waals surface area (Å²) < 4.78 is 19.5. The summed E-state index contributed by atoms with van der Waals surface area (Å²) in [5, 5.41) is 20.9. The minimum atomic E-state index is -3.62. The van der Waals surface area contributed by atoms with Crippen molar-refractivity contribution in [1.29, 1.82) is 0 Å². The molecule has 0 bridgehead atoms. The Morgan fingerprint density at radius 3 is 2.38 bits per heavy atom. The topological polar surface area (TPSA) is 66.8 Å². The van der Waals surface area contributed by atoms with Gasteiger partial charge in [-0.2, -0.15) is 0 Å². The van der Waals surface area contributed by atoms with E-state index in [1.54, 1.807) is 36.4 Å². The first-order valence-electron chi connectivity index (χ1n) is 7.55. The highest BCUT2D eigenvalue weighted by molar-refractivity contribution is 7.68. The van der Waals surface area contributed by atoms with Crippen LogP contribution in [0.3, 0.4) is 0 Å². The van der Waals surface area contributed by atoms with Crippen molar-refractivity contribution in [2.24, 2.45) is 0 Å². The third-order valence-electron chi connectivity index (χ3n) is 4.14. The molecule has 0 aliphatic carbocycles. The lowest BCUT2D eigenvalue weighted by Crippen LogP contribution is -2.22. The van der Waals surface area contributed by atoms with E-state index < -0.39 is 13.2 Å². The molecule has 24 heavy (non-hydrogen) atoms. The molecule has 0 saturated heterocycles. The van der Waals surface area contributed by atoms with Gasteiger partial charge in [-0.3, -0.25) is 4.57 Å². The molecule has 0 fully saturated rings. The number of rotatable bonds is 2. The Hall–Kier alpha value is -2.55. The van der Waals surface area contributed by atoms with Gasteiger partial charge in [0.2, 0.25) is 0 Å². The molecule has 0 radical (unpaired) electrons. The van der Waals surface area contributed by atoms with Crippen LogP contribution in [0.5, 0.6) is 11.5 Å². The summed E-state index contributed by atoms with van der Waals surface area (Å²) in [4.78, 5) is 0. The van der Waals surface area contributed by atoms with E-state index in [0.29, 0.717) is 16.6 Å². The first kappa shape index (κ1) is 15.0. The minimum absolute atomic E-state index is 0.00356. The van der Waals surface area contributed by atoms with Crippen LogP contribution in [0, 0.1) is 0 Å². The Morgan fingerprint density at radius 2 is 1.58 bits per heavy atom. The number of aliphatic hydroxyl groups excluding tert-OH is 1. The normalized spacial score (nSPS) is 19.7. The second-order valence-electron chi connectivity index (χ2n) is 5.67. The monoisotopic (exact) mass is 338 g/mol. The van der Waals surface area contributed by atoms with E-state index in [0.717, 1.165) is 11.1 Å². The molecule has 2 unspecified atom stereocenters. The van der Waals surface area contributed by atoms with Crippen molar-refractivity contribution in [3.63, 3.8) is 0 Å². The van der Waals surface area contributed by atoms with Gasteiger partial charge in [-0.15, -0.1) is 0 Å². The SMILES string of the molecule is O=P1(C(O)c2cccc(O)c2)Oc2ccccc2-c2ccccc21. The first-order valence-corrected chi connectivity index (χ1v) is 9.24. The number of fused-ring (bicyclic) bond motifs is 3. The highest BCUT2D eigenvalue weighted by atomic mass is 31.2. The Morgan fingerprint density at radius 1 is 0.875 bits per heavy atom. The number of benzene rings is 3. The number of phenolic OH excluding ortho intramolecular Hbond substituents is 1.